The average Bonchev–Trinajstić information content (AvgIpc) is 2.79. The van der Waals surface area contributed by atoms with Crippen LogP contribution in [0.1, 0.15) is 12.8 Å². The summed E-state index contributed by atoms with van der Waals surface area (Å²) in [7, 11) is 1.37. The van der Waals surface area contributed by atoms with Gasteiger partial charge in [-0.15, -0.1) is 0 Å². The molecule has 4 N–H and O–H groups in total. The Kier molecular flexibility index (Phi) is 6.16. The number of carbonyl (C=O) groups is 1. The van der Waals surface area contributed by atoms with E-state index in [1.54, 1.807) is 11.0 Å². The van der Waals surface area contributed by atoms with Crippen molar-refractivity contribution in [2.75, 3.05) is 62.9 Å². The van der Waals surface area contributed by atoms with Crippen LogP contribution in [0.15, 0.2) is 12.3 Å². The summed E-state index contributed by atoms with van der Waals surface area (Å²) in [5.74, 6) is 1.21. The number of anilines is 3. The lowest BCUT2D eigenvalue weighted by molar-refractivity contribution is 0.0673. The Morgan fingerprint density at radius 3 is 2.74 bits per heavy atom. The number of likely N-dealkylation sites (tertiary alicyclic amines) is 1. The third kappa shape index (κ3) is 4.85. The molecular weight excluding hydrogens is 404 g/mol. The first-order valence-corrected chi connectivity index (χ1v) is 10.1. The first-order chi connectivity index (χ1) is 15.0. The van der Waals surface area contributed by atoms with E-state index in [2.05, 4.69) is 19.9 Å². The number of morpholine rings is 1. The van der Waals surface area contributed by atoms with E-state index >= 15 is 0 Å². The van der Waals surface area contributed by atoms with E-state index in [1.807, 2.05) is 4.90 Å². The highest BCUT2D eigenvalue weighted by molar-refractivity contribution is 5.72. The second kappa shape index (κ2) is 9.16. The van der Waals surface area contributed by atoms with Gasteiger partial charge in [-0.1, -0.05) is 0 Å². The molecule has 4 heterocycles. The molecule has 4 rings (SSSR count). The summed E-state index contributed by atoms with van der Waals surface area (Å²) >= 11 is 0. The van der Waals surface area contributed by atoms with Crippen LogP contribution in [-0.2, 0) is 9.47 Å². The molecule has 31 heavy (non-hydrogen) atoms. The number of aromatic nitrogens is 4. The Balaban J connectivity index is 1.63. The number of amides is 1. The molecule has 2 saturated heterocycles. The quantitative estimate of drug-likeness (QED) is 0.698. The van der Waals surface area contributed by atoms with Crippen molar-refractivity contribution in [2.45, 2.75) is 18.9 Å². The van der Waals surface area contributed by atoms with Crippen molar-refractivity contribution in [3.8, 4) is 17.1 Å². The minimum absolute atomic E-state index is 0.0882. The zero-order chi connectivity index (χ0) is 21.8. The van der Waals surface area contributed by atoms with Crippen LogP contribution >= 0.6 is 0 Å². The minimum atomic E-state index is -0.363. The second-order valence-corrected chi connectivity index (χ2v) is 7.32. The highest BCUT2D eigenvalue weighted by Crippen LogP contribution is 2.29. The molecule has 0 bridgehead atoms. The lowest BCUT2D eigenvalue weighted by atomic mass is 10.1. The third-order valence-corrected chi connectivity index (χ3v) is 5.20. The van der Waals surface area contributed by atoms with Crippen molar-refractivity contribution in [3.05, 3.63) is 12.3 Å². The average molecular weight is 430 g/mol. The molecule has 2 aliphatic heterocycles. The van der Waals surface area contributed by atoms with Crippen LogP contribution in [0.4, 0.5) is 22.5 Å². The summed E-state index contributed by atoms with van der Waals surface area (Å²) in [5, 5.41) is 0. The maximum absolute atomic E-state index is 11.9. The van der Waals surface area contributed by atoms with Crippen molar-refractivity contribution >= 4 is 23.8 Å². The van der Waals surface area contributed by atoms with Crippen molar-refractivity contribution < 1.29 is 19.0 Å². The van der Waals surface area contributed by atoms with Gasteiger partial charge in [0.05, 0.1) is 38.1 Å². The van der Waals surface area contributed by atoms with E-state index in [9.17, 15) is 4.79 Å². The third-order valence-electron chi connectivity index (χ3n) is 5.20. The van der Waals surface area contributed by atoms with Gasteiger partial charge in [0.2, 0.25) is 17.8 Å². The van der Waals surface area contributed by atoms with Crippen LogP contribution < -0.4 is 21.1 Å². The SMILES string of the molecule is COC(=O)N1CCC[C@H](Oc2cc(-c3cnc(N)nc3N)nc(N3CCOCC3)n2)C1. The minimum Gasteiger partial charge on any atom is -0.472 e. The standard InChI is InChI=1S/C19H26N8O4/c1-29-19(28)27-4-2-3-12(11-27)31-15-9-14(13-10-22-17(21)25-16(13)20)23-18(24-15)26-5-7-30-8-6-26/h9-10,12H,2-8,11H2,1H3,(H4,20,21,22,25)/t12-/m0/s1. The summed E-state index contributed by atoms with van der Waals surface area (Å²) in [6.45, 7) is 3.57. The van der Waals surface area contributed by atoms with Crippen LogP contribution in [-0.4, -0.2) is 83.5 Å². The van der Waals surface area contributed by atoms with Crippen LogP contribution in [0.3, 0.4) is 0 Å². The van der Waals surface area contributed by atoms with Gasteiger partial charge in [-0.05, 0) is 12.8 Å². The summed E-state index contributed by atoms with van der Waals surface area (Å²) < 4.78 is 16.4. The molecule has 2 fully saturated rings. The fraction of sp³-hybridized carbons (Fsp3) is 0.526. The van der Waals surface area contributed by atoms with Gasteiger partial charge in [-0.25, -0.2) is 14.8 Å². The summed E-state index contributed by atoms with van der Waals surface area (Å²) in [4.78, 5) is 32.9. The topological polar surface area (TPSA) is 155 Å². The first-order valence-electron chi connectivity index (χ1n) is 10.1. The van der Waals surface area contributed by atoms with Gasteiger partial charge in [-0.3, -0.25) is 0 Å². The zero-order valence-electron chi connectivity index (χ0n) is 17.4. The molecule has 1 atom stereocenters. The van der Waals surface area contributed by atoms with E-state index in [0.29, 0.717) is 62.5 Å². The second-order valence-electron chi connectivity index (χ2n) is 7.32. The number of rotatable bonds is 4. The molecule has 2 aromatic rings. The number of nitrogens with zero attached hydrogens (tertiary/aromatic N) is 6. The number of hydrogen-bond acceptors (Lipinski definition) is 11. The van der Waals surface area contributed by atoms with Crippen molar-refractivity contribution in [1.82, 2.24) is 24.8 Å². The molecule has 2 aromatic heterocycles. The number of nitrogens with two attached hydrogens (primary N) is 2. The van der Waals surface area contributed by atoms with Crippen molar-refractivity contribution in [2.24, 2.45) is 0 Å². The fourth-order valence-electron chi connectivity index (χ4n) is 3.62. The molecule has 0 aliphatic carbocycles. The molecule has 0 saturated carbocycles. The van der Waals surface area contributed by atoms with Crippen LogP contribution in [0.2, 0.25) is 0 Å². The van der Waals surface area contributed by atoms with Crippen molar-refractivity contribution in [3.63, 3.8) is 0 Å². The van der Waals surface area contributed by atoms with Crippen LogP contribution in [0, 0.1) is 0 Å². The van der Waals surface area contributed by atoms with Gasteiger partial charge in [0.25, 0.3) is 0 Å². The van der Waals surface area contributed by atoms with Gasteiger partial charge in [0.15, 0.2) is 0 Å². The zero-order valence-corrected chi connectivity index (χ0v) is 17.4. The van der Waals surface area contributed by atoms with Gasteiger partial charge in [0.1, 0.15) is 11.9 Å². The molecule has 1 amide bonds. The van der Waals surface area contributed by atoms with Gasteiger partial charge in [0, 0.05) is 31.9 Å². The Morgan fingerprint density at radius 2 is 2.00 bits per heavy atom. The lowest BCUT2D eigenvalue weighted by Gasteiger charge is -2.32. The normalized spacial score (nSPS) is 19.2. The van der Waals surface area contributed by atoms with Gasteiger partial charge in [-0.2, -0.15) is 9.97 Å². The van der Waals surface area contributed by atoms with E-state index in [0.717, 1.165) is 12.8 Å². The number of piperidine rings is 1. The molecule has 2 aliphatic rings. The predicted molar refractivity (Wildman–Crippen MR) is 113 cm³/mol. The number of nitrogen functional groups attached to an aromatic ring is 2. The van der Waals surface area contributed by atoms with E-state index < -0.39 is 0 Å². The number of hydrogen-bond donors (Lipinski definition) is 2. The van der Waals surface area contributed by atoms with Crippen LogP contribution in [0.25, 0.3) is 11.3 Å². The summed E-state index contributed by atoms with van der Waals surface area (Å²) in [6, 6.07) is 1.70. The Bertz CT molecular complexity index is 937. The largest absolute Gasteiger partial charge is 0.472 e. The molecule has 0 unspecified atom stereocenters. The molecule has 166 valence electrons. The molecule has 0 radical (unpaired) electrons. The molecular formula is C19H26N8O4. The van der Waals surface area contributed by atoms with E-state index in [1.165, 1.54) is 13.3 Å². The number of ether oxygens (including phenoxy) is 3. The van der Waals surface area contributed by atoms with Gasteiger partial charge >= 0.3 is 6.09 Å². The Hall–Kier alpha value is -3.41. The predicted octanol–water partition coefficient (Wildman–Crippen LogP) is 0.544. The molecule has 12 nitrogen and oxygen atoms in total. The maximum Gasteiger partial charge on any atom is 0.409 e. The first kappa shape index (κ1) is 20.8. The molecule has 12 heteroatoms. The lowest BCUT2D eigenvalue weighted by Crippen LogP contribution is -2.44. The Labute approximate surface area is 179 Å². The van der Waals surface area contributed by atoms with E-state index in [-0.39, 0.29) is 24.0 Å². The van der Waals surface area contributed by atoms with Gasteiger partial charge < -0.3 is 35.5 Å². The van der Waals surface area contributed by atoms with Crippen molar-refractivity contribution in [1.29, 1.82) is 0 Å². The monoisotopic (exact) mass is 430 g/mol. The molecule has 0 spiro atoms. The summed E-state index contributed by atoms with van der Waals surface area (Å²) in [6.07, 6.45) is 2.57. The maximum atomic E-state index is 11.9. The fourth-order valence-corrected chi connectivity index (χ4v) is 3.62. The Morgan fingerprint density at radius 1 is 1.19 bits per heavy atom. The molecule has 0 aromatic carbocycles. The highest BCUT2D eigenvalue weighted by atomic mass is 16.5. The van der Waals surface area contributed by atoms with Crippen LogP contribution in [0.5, 0.6) is 5.88 Å². The van der Waals surface area contributed by atoms with E-state index in [4.69, 9.17) is 25.7 Å². The number of carbonyl (C=O) groups excluding carboxylic acids is 1. The smallest absolute Gasteiger partial charge is 0.409 e. The number of methoxy groups -OCH3 is 1. The summed E-state index contributed by atoms with van der Waals surface area (Å²) in [5.41, 5.74) is 12.8. The highest BCUT2D eigenvalue weighted by Gasteiger charge is 2.27.